The average molecular weight is 582 g/mol. The van der Waals surface area contributed by atoms with Gasteiger partial charge in [-0.05, 0) is 74.5 Å². The minimum atomic E-state index is 0.0117. The number of carbonyl (C=O) groups is 1. The van der Waals surface area contributed by atoms with Gasteiger partial charge in [-0.25, -0.2) is 0 Å². The zero-order valence-electron chi connectivity index (χ0n) is 25.4. The van der Waals surface area contributed by atoms with Crippen molar-refractivity contribution in [1.29, 1.82) is 0 Å². The van der Waals surface area contributed by atoms with Gasteiger partial charge in [-0.15, -0.1) is 0 Å². The number of nitrogens with zero attached hydrogens (tertiary/aromatic N) is 6. The molecule has 0 saturated carbocycles. The van der Waals surface area contributed by atoms with E-state index in [1.54, 1.807) is 9.58 Å². The number of amidine groups is 1. The number of hydrogen-bond acceptors (Lipinski definition) is 7. The summed E-state index contributed by atoms with van der Waals surface area (Å²) in [5, 5.41) is 8.13. The normalized spacial score (nSPS) is 18.6. The van der Waals surface area contributed by atoms with Crippen LogP contribution in [0.1, 0.15) is 72.6 Å². The van der Waals surface area contributed by atoms with E-state index >= 15 is 0 Å². The maximum absolute atomic E-state index is 13.3. The molecule has 0 bridgehead atoms. The number of ether oxygens (including phenoxy) is 1. The number of guanidine groups is 1. The Morgan fingerprint density at radius 1 is 1.32 bits per heavy atom. The van der Waals surface area contributed by atoms with Crippen LogP contribution in [0.25, 0.3) is 0 Å². The van der Waals surface area contributed by atoms with Gasteiger partial charge in [0.05, 0.1) is 24.0 Å². The lowest BCUT2D eigenvalue weighted by molar-refractivity contribution is 0.0782. The molecule has 1 unspecified atom stereocenters. The third-order valence-electron chi connectivity index (χ3n) is 7.80. The SMILES string of the molecule is CCN(CCC(C)c1cccc(C(=O)N(C)Cc2nn(C)cc2C)c1)C1=NCCCSCC(=NC2CCOCC2)N1. The molecule has 224 valence electrons. The number of thioether (sulfide) groups is 1. The van der Waals surface area contributed by atoms with Crippen molar-refractivity contribution in [1.82, 2.24) is 24.9 Å². The van der Waals surface area contributed by atoms with Crippen molar-refractivity contribution in [2.45, 2.75) is 65.0 Å². The first-order chi connectivity index (χ1) is 19.8. The lowest BCUT2D eigenvalue weighted by Crippen LogP contribution is -2.46. The Balaban J connectivity index is 1.39. The molecule has 1 saturated heterocycles. The van der Waals surface area contributed by atoms with E-state index in [-0.39, 0.29) is 5.91 Å². The number of carbonyl (C=O) groups excluding carboxylic acids is 1. The maximum Gasteiger partial charge on any atom is 0.253 e. The topological polar surface area (TPSA) is 87.4 Å². The fraction of sp³-hybridized carbons (Fsp3) is 0.613. The molecular formula is C31H47N7O2S. The molecule has 10 heteroatoms. The zero-order chi connectivity index (χ0) is 29.2. The summed E-state index contributed by atoms with van der Waals surface area (Å²) in [5.74, 6) is 4.26. The van der Waals surface area contributed by atoms with Crippen LogP contribution in [0.3, 0.4) is 0 Å². The summed E-state index contributed by atoms with van der Waals surface area (Å²) in [4.78, 5) is 27.4. The van der Waals surface area contributed by atoms with Crippen molar-refractivity contribution in [2.24, 2.45) is 17.0 Å². The molecule has 1 N–H and O–H groups in total. The van der Waals surface area contributed by atoms with Crippen molar-refractivity contribution in [3.8, 4) is 0 Å². The number of aliphatic imine (C=N–C) groups is 2. The molecule has 2 aliphatic heterocycles. The summed E-state index contributed by atoms with van der Waals surface area (Å²) >= 11 is 1.93. The third kappa shape index (κ3) is 9.07. The summed E-state index contributed by atoms with van der Waals surface area (Å²) in [6.45, 7) is 11.1. The zero-order valence-corrected chi connectivity index (χ0v) is 26.3. The first-order valence-electron chi connectivity index (χ1n) is 15.0. The minimum absolute atomic E-state index is 0.0117. The Kier molecular flexibility index (Phi) is 11.7. The minimum Gasteiger partial charge on any atom is -0.381 e. The van der Waals surface area contributed by atoms with Crippen LogP contribution >= 0.6 is 11.8 Å². The van der Waals surface area contributed by atoms with Crippen molar-refractivity contribution in [3.63, 3.8) is 0 Å². The van der Waals surface area contributed by atoms with Gasteiger partial charge in [-0.1, -0.05) is 19.1 Å². The highest BCUT2D eigenvalue weighted by Crippen LogP contribution is 2.22. The Hall–Kier alpha value is -2.85. The fourth-order valence-corrected chi connectivity index (χ4v) is 6.06. The van der Waals surface area contributed by atoms with Crippen LogP contribution in [0, 0.1) is 6.92 Å². The number of rotatable bonds is 9. The molecule has 0 aliphatic carbocycles. The fourth-order valence-electron chi connectivity index (χ4n) is 5.24. The summed E-state index contributed by atoms with van der Waals surface area (Å²) in [5.41, 5.74) is 3.91. The second-order valence-electron chi connectivity index (χ2n) is 11.1. The highest BCUT2D eigenvalue weighted by atomic mass is 32.2. The van der Waals surface area contributed by atoms with Crippen molar-refractivity contribution < 1.29 is 9.53 Å². The van der Waals surface area contributed by atoms with Crippen LogP contribution in [0.5, 0.6) is 0 Å². The van der Waals surface area contributed by atoms with Crippen LogP contribution < -0.4 is 5.32 Å². The molecule has 1 atom stereocenters. The van der Waals surface area contributed by atoms with E-state index in [9.17, 15) is 4.79 Å². The first-order valence-corrected chi connectivity index (χ1v) is 16.1. The number of hydrogen-bond donors (Lipinski definition) is 1. The number of aromatic nitrogens is 2. The predicted octanol–water partition coefficient (Wildman–Crippen LogP) is 4.48. The standard InChI is InChI=1S/C31H47N7O2S/c1-6-38(31-32-14-8-18-41-22-29(34-31)33-27-12-16-40-17-13-27)15-11-23(2)25-9-7-10-26(19-25)30(39)36(4)21-28-24(3)20-37(5)35-28/h7,9-10,19-20,23,27H,6,8,11-18,21-22H2,1-5H3,(H,32,33,34). The van der Waals surface area contributed by atoms with E-state index in [0.29, 0.717) is 24.1 Å². The van der Waals surface area contributed by atoms with E-state index in [4.69, 9.17) is 14.7 Å². The molecule has 3 heterocycles. The molecule has 0 spiro atoms. The summed E-state index contributed by atoms with van der Waals surface area (Å²) in [6, 6.07) is 8.41. The molecule has 0 radical (unpaired) electrons. The smallest absolute Gasteiger partial charge is 0.253 e. The number of aryl methyl sites for hydroxylation is 2. The molecule has 41 heavy (non-hydrogen) atoms. The van der Waals surface area contributed by atoms with Crippen molar-refractivity contribution in [2.75, 3.05) is 51.4 Å². The number of benzene rings is 1. The molecule has 2 aliphatic rings. The lowest BCUT2D eigenvalue weighted by atomic mass is 9.95. The van der Waals surface area contributed by atoms with Gasteiger partial charge in [-0.2, -0.15) is 16.9 Å². The molecule has 2 aromatic rings. The average Bonchev–Trinajstić information content (AvgIpc) is 3.35. The van der Waals surface area contributed by atoms with Gasteiger partial charge >= 0.3 is 0 Å². The summed E-state index contributed by atoms with van der Waals surface area (Å²) in [6.07, 6.45) is 5.97. The van der Waals surface area contributed by atoms with Gasteiger partial charge in [0.1, 0.15) is 5.84 Å². The monoisotopic (exact) mass is 581 g/mol. The molecule has 9 nitrogen and oxygen atoms in total. The molecule has 1 fully saturated rings. The molecular weight excluding hydrogens is 534 g/mol. The highest BCUT2D eigenvalue weighted by molar-refractivity contribution is 7.99. The van der Waals surface area contributed by atoms with E-state index in [1.807, 2.05) is 51.1 Å². The molecule has 1 aromatic heterocycles. The largest absolute Gasteiger partial charge is 0.381 e. The van der Waals surface area contributed by atoms with E-state index < -0.39 is 0 Å². The van der Waals surface area contributed by atoms with Crippen molar-refractivity contribution in [3.05, 3.63) is 52.8 Å². The summed E-state index contributed by atoms with van der Waals surface area (Å²) < 4.78 is 7.33. The van der Waals surface area contributed by atoms with Crippen LogP contribution in [0.15, 0.2) is 40.4 Å². The van der Waals surface area contributed by atoms with Crippen LogP contribution in [-0.2, 0) is 18.3 Å². The Morgan fingerprint density at radius 2 is 2.12 bits per heavy atom. The van der Waals surface area contributed by atoms with Gasteiger partial charge in [0, 0.05) is 58.7 Å². The number of nitrogens with one attached hydrogen (secondary N) is 1. The van der Waals surface area contributed by atoms with Gasteiger partial charge in [0.25, 0.3) is 5.91 Å². The van der Waals surface area contributed by atoms with E-state index in [2.05, 4.69) is 41.3 Å². The van der Waals surface area contributed by atoms with Crippen molar-refractivity contribution >= 4 is 29.5 Å². The third-order valence-corrected chi connectivity index (χ3v) is 8.85. The van der Waals surface area contributed by atoms with E-state index in [0.717, 1.165) is 93.1 Å². The van der Waals surface area contributed by atoms with Gasteiger partial charge in [0.15, 0.2) is 5.96 Å². The van der Waals surface area contributed by atoms with E-state index in [1.165, 1.54) is 5.56 Å². The van der Waals surface area contributed by atoms with Gasteiger partial charge in [-0.3, -0.25) is 19.5 Å². The highest BCUT2D eigenvalue weighted by Gasteiger charge is 2.20. The Bertz CT molecular complexity index is 1200. The summed E-state index contributed by atoms with van der Waals surface area (Å²) in [7, 11) is 3.75. The Morgan fingerprint density at radius 3 is 2.85 bits per heavy atom. The molecule has 1 aromatic carbocycles. The van der Waals surface area contributed by atoms with Crippen LogP contribution in [0.4, 0.5) is 0 Å². The first kappa shape index (κ1) is 31.1. The number of amides is 1. The second kappa shape index (κ2) is 15.4. The maximum atomic E-state index is 13.3. The van der Waals surface area contributed by atoms with Crippen LogP contribution in [0.2, 0.25) is 0 Å². The van der Waals surface area contributed by atoms with Gasteiger partial charge < -0.3 is 19.9 Å². The molecule has 4 rings (SSSR count). The van der Waals surface area contributed by atoms with Gasteiger partial charge in [0.2, 0.25) is 0 Å². The Labute approximate surface area is 249 Å². The quantitative estimate of drug-likeness (QED) is 0.470. The second-order valence-corrected chi connectivity index (χ2v) is 12.2. The predicted molar refractivity (Wildman–Crippen MR) is 169 cm³/mol. The molecule has 1 amide bonds. The van der Waals surface area contributed by atoms with Crippen LogP contribution in [-0.4, -0.2) is 94.7 Å². The lowest BCUT2D eigenvalue weighted by Gasteiger charge is -2.28.